The topological polar surface area (TPSA) is 63.4 Å². The van der Waals surface area contributed by atoms with Gasteiger partial charge in [0.25, 0.3) is 11.7 Å². The van der Waals surface area contributed by atoms with Crippen LogP contribution in [-0.4, -0.2) is 36.4 Å². The Morgan fingerprint density at radius 1 is 1.14 bits per heavy atom. The summed E-state index contributed by atoms with van der Waals surface area (Å²) in [6.45, 7) is 6.43. The average Bonchev–Trinajstić information content (AvgIpc) is 3.36. The van der Waals surface area contributed by atoms with Crippen LogP contribution in [0.25, 0.3) is 5.78 Å². The van der Waals surface area contributed by atoms with Crippen LogP contribution >= 0.6 is 11.3 Å². The number of carbonyl (C=O) groups excluding carboxylic acids is 1. The zero-order chi connectivity index (χ0) is 20.4. The summed E-state index contributed by atoms with van der Waals surface area (Å²) in [6.07, 6.45) is 0.792. The first-order chi connectivity index (χ1) is 14.0. The van der Waals surface area contributed by atoms with Crippen molar-refractivity contribution in [2.45, 2.75) is 39.8 Å². The molecule has 4 aromatic rings. The molecular weight excluding hydrogens is 382 g/mol. The van der Waals surface area contributed by atoms with E-state index in [2.05, 4.69) is 33.4 Å². The standard InChI is InChI=1S/C22H23N5OS/c1-15-12-17(3)27-22(23-15)24-20(25-27)21(28)26(14-18-8-5-4-6-9-18)16(2)13-19-10-7-11-29-19/h4-12,16H,13-14H2,1-3H3/t16-/m0/s1. The molecule has 148 valence electrons. The highest BCUT2D eigenvalue weighted by molar-refractivity contribution is 7.09. The van der Waals surface area contributed by atoms with Crippen molar-refractivity contribution in [2.24, 2.45) is 0 Å². The third kappa shape index (κ3) is 4.19. The molecule has 4 rings (SSSR count). The van der Waals surface area contributed by atoms with Crippen molar-refractivity contribution in [1.82, 2.24) is 24.5 Å². The van der Waals surface area contributed by atoms with Crippen molar-refractivity contribution in [3.8, 4) is 0 Å². The van der Waals surface area contributed by atoms with Gasteiger partial charge in [-0.2, -0.15) is 4.98 Å². The smallest absolute Gasteiger partial charge is 0.294 e. The lowest BCUT2D eigenvalue weighted by atomic mass is 10.1. The molecule has 0 fully saturated rings. The molecule has 29 heavy (non-hydrogen) atoms. The Bertz CT molecular complexity index is 1120. The maximum absolute atomic E-state index is 13.4. The van der Waals surface area contributed by atoms with Crippen LogP contribution in [0.5, 0.6) is 0 Å². The number of aromatic nitrogens is 4. The first-order valence-corrected chi connectivity index (χ1v) is 10.5. The van der Waals surface area contributed by atoms with E-state index >= 15 is 0 Å². The number of carbonyl (C=O) groups is 1. The van der Waals surface area contributed by atoms with Crippen LogP contribution in [0.2, 0.25) is 0 Å². The summed E-state index contributed by atoms with van der Waals surface area (Å²) in [5.41, 5.74) is 2.83. The van der Waals surface area contributed by atoms with Gasteiger partial charge in [0.2, 0.25) is 5.82 Å². The van der Waals surface area contributed by atoms with Crippen LogP contribution in [-0.2, 0) is 13.0 Å². The van der Waals surface area contributed by atoms with Crippen LogP contribution in [0.3, 0.4) is 0 Å². The molecule has 3 heterocycles. The van der Waals surface area contributed by atoms with Crippen LogP contribution in [0.1, 0.15) is 39.4 Å². The van der Waals surface area contributed by atoms with E-state index < -0.39 is 0 Å². The first-order valence-electron chi connectivity index (χ1n) is 9.59. The van der Waals surface area contributed by atoms with Gasteiger partial charge in [0, 0.05) is 35.3 Å². The van der Waals surface area contributed by atoms with Gasteiger partial charge in [-0.1, -0.05) is 36.4 Å². The molecule has 0 unspecified atom stereocenters. The van der Waals surface area contributed by atoms with Crippen molar-refractivity contribution < 1.29 is 4.79 Å². The second kappa shape index (κ2) is 8.13. The summed E-state index contributed by atoms with van der Waals surface area (Å²) in [6, 6.07) is 16.1. The Morgan fingerprint density at radius 2 is 1.93 bits per heavy atom. The molecule has 0 aliphatic carbocycles. The fraction of sp³-hybridized carbons (Fsp3) is 0.273. The molecule has 6 nitrogen and oxygen atoms in total. The molecule has 0 radical (unpaired) electrons. The van der Waals surface area contributed by atoms with Crippen LogP contribution in [0.4, 0.5) is 0 Å². The highest BCUT2D eigenvalue weighted by Gasteiger charge is 2.26. The number of rotatable bonds is 6. The molecule has 1 aromatic carbocycles. The molecule has 1 atom stereocenters. The van der Waals surface area contributed by atoms with Gasteiger partial charge in [0.1, 0.15) is 0 Å². The van der Waals surface area contributed by atoms with Gasteiger partial charge >= 0.3 is 0 Å². The van der Waals surface area contributed by atoms with E-state index in [0.717, 1.165) is 23.4 Å². The number of benzene rings is 1. The Hall–Kier alpha value is -3.06. The van der Waals surface area contributed by atoms with Crippen LogP contribution in [0.15, 0.2) is 53.9 Å². The summed E-state index contributed by atoms with van der Waals surface area (Å²) >= 11 is 1.71. The van der Waals surface area contributed by atoms with Crippen molar-refractivity contribution in [1.29, 1.82) is 0 Å². The van der Waals surface area contributed by atoms with Gasteiger partial charge in [-0.05, 0) is 43.8 Å². The fourth-order valence-corrected chi connectivity index (χ4v) is 4.25. The number of hydrogen-bond donors (Lipinski definition) is 0. The second-order valence-electron chi connectivity index (χ2n) is 7.24. The van der Waals surface area contributed by atoms with E-state index in [1.165, 1.54) is 4.88 Å². The summed E-state index contributed by atoms with van der Waals surface area (Å²) in [5.74, 6) is 0.456. The maximum atomic E-state index is 13.4. The molecule has 0 spiro atoms. The highest BCUT2D eigenvalue weighted by atomic mass is 32.1. The Labute approximate surface area is 173 Å². The molecule has 1 amide bonds. The van der Waals surface area contributed by atoms with E-state index in [-0.39, 0.29) is 17.8 Å². The minimum atomic E-state index is -0.180. The minimum Gasteiger partial charge on any atom is -0.328 e. The predicted octanol–water partition coefficient (Wildman–Crippen LogP) is 4.08. The number of nitrogens with zero attached hydrogens (tertiary/aromatic N) is 5. The SMILES string of the molecule is Cc1cc(C)n2nc(C(=O)N(Cc3ccccc3)[C@@H](C)Cc3cccs3)nc2n1. The average molecular weight is 406 g/mol. The van der Waals surface area contributed by atoms with Crippen molar-refractivity contribution in [3.63, 3.8) is 0 Å². The molecule has 0 aliphatic rings. The van der Waals surface area contributed by atoms with E-state index in [1.54, 1.807) is 15.9 Å². The summed E-state index contributed by atoms with van der Waals surface area (Å²) in [5, 5.41) is 6.51. The molecule has 0 aliphatic heterocycles. The van der Waals surface area contributed by atoms with Crippen molar-refractivity contribution in [2.75, 3.05) is 0 Å². The maximum Gasteiger partial charge on any atom is 0.294 e. The Kier molecular flexibility index (Phi) is 5.40. The highest BCUT2D eigenvalue weighted by Crippen LogP contribution is 2.18. The molecular formula is C22H23N5OS. The second-order valence-corrected chi connectivity index (χ2v) is 8.27. The lowest BCUT2D eigenvalue weighted by molar-refractivity contribution is 0.0663. The fourth-order valence-electron chi connectivity index (χ4n) is 3.42. The summed E-state index contributed by atoms with van der Waals surface area (Å²) < 4.78 is 1.63. The van der Waals surface area contributed by atoms with Gasteiger partial charge in [-0.15, -0.1) is 16.4 Å². The van der Waals surface area contributed by atoms with Crippen LogP contribution < -0.4 is 0 Å². The van der Waals surface area contributed by atoms with Gasteiger partial charge in [-0.25, -0.2) is 9.50 Å². The lowest BCUT2D eigenvalue weighted by Gasteiger charge is -2.28. The Morgan fingerprint density at radius 3 is 2.66 bits per heavy atom. The van der Waals surface area contributed by atoms with Gasteiger partial charge in [0.15, 0.2) is 0 Å². The molecule has 3 aromatic heterocycles. The van der Waals surface area contributed by atoms with E-state index in [9.17, 15) is 4.79 Å². The summed E-state index contributed by atoms with van der Waals surface area (Å²) in [4.78, 5) is 25.4. The van der Waals surface area contributed by atoms with Crippen molar-refractivity contribution in [3.05, 3.63) is 81.6 Å². The normalized spacial score (nSPS) is 12.2. The summed E-state index contributed by atoms with van der Waals surface area (Å²) in [7, 11) is 0. The molecule has 0 saturated carbocycles. The van der Waals surface area contributed by atoms with Crippen LogP contribution in [0, 0.1) is 13.8 Å². The van der Waals surface area contributed by atoms with Gasteiger partial charge in [0.05, 0.1) is 0 Å². The van der Waals surface area contributed by atoms with E-state index in [4.69, 9.17) is 0 Å². The van der Waals surface area contributed by atoms with Gasteiger partial charge in [-0.3, -0.25) is 4.79 Å². The quantitative estimate of drug-likeness (QED) is 0.485. The van der Waals surface area contributed by atoms with E-state index in [1.807, 2.05) is 61.2 Å². The molecule has 0 N–H and O–H groups in total. The largest absolute Gasteiger partial charge is 0.328 e. The number of hydrogen-bond acceptors (Lipinski definition) is 5. The monoisotopic (exact) mass is 405 g/mol. The molecule has 7 heteroatoms. The van der Waals surface area contributed by atoms with E-state index in [0.29, 0.717) is 12.3 Å². The number of fused-ring (bicyclic) bond motifs is 1. The molecule has 0 saturated heterocycles. The third-order valence-corrected chi connectivity index (χ3v) is 5.77. The number of aryl methyl sites for hydroxylation is 2. The number of thiophene rings is 1. The molecule has 0 bridgehead atoms. The lowest BCUT2D eigenvalue weighted by Crippen LogP contribution is -2.39. The zero-order valence-electron chi connectivity index (χ0n) is 16.7. The third-order valence-electron chi connectivity index (χ3n) is 4.87. The zero-order valence-corrected chi connectivity index (χ0v) is 17.6. The number of amides is 1. The Balaban J connectivity index is 1.67. The van der Waals surface area contributed by atoms with Crippen molar-refractivity contribution >= 4 is 23.0 Å². The first kappa shape index (κ1) is 19.3. The van der Waals surface area contributed by atoms with Gasteiger partial charge < -0.3 is 4.90 Å². The minimum absolute atomic E-state index is 0.00348. The predicted molar refractivity (Wildman–Crippen MR) is 114 cm³/mol.